The predicted octanol–water partition coefficient (Wildman–Crippen LogP) is 2.32. The van der Waals surface area contributed by atoms with Crippen LogP contribution in [0.3, 0.4) is 0 Å². The number of hydrogen-bond acceptors (Lipinski definition) is 4. The monoisotopic (exact) mass is 261 g/mol. The quantitative estimate of drug-likeness (QED) is 0.897. The first kappa shape index (κ1) is 13.4. The van der Waals surface area contributed by atoms with E-state index in [-0.39, 0.29) is 11.9 Å². The maximum absolute atomic E-state index is 13.5. The minimum absolute atomic E-state index is 0.295. The number of nitrogens with zero attached hydrogens (tertiary/aromatic N) is 2. The van der Waals surface area contributed by atoms with Gasteiger partial charge in [0.1, 0.15) is 17.4 Å². The molecular weight excluding hydrogens is 245 g/mol. The number of hydrogen-bond donors (Lipinski definition) is 1. The highest BCUT2D eigenvalue weighted by molar-refractivity contribution is 5.39. The van der Waals surface area contributed by atoms with Crippen molar-refractivity contribution in [3.63, 3.8) is 0 Å². The molecule has 1 aromatic heterocycles. The molecule has 0 fully saturated rings. The molecule has 100 valence electrons. The molecule has 19 heavy (non-hydrogen) atoms. The largest absolute Gasteiger partial charge is 0.496 e. The van der Waals surface area contributed by atoms with Gasteiger partial charge in [-0.25, -0.2) is 14.4 Å². The molecule has 2 rings (SSSR count). The summed E-state index contributed by atoms with van der Waals surface area (Å²) in [5.74, 6) is 0.891. The third kappa shape index (κ3) is 3.06. The van der Waals surface area contributed by atoms with Crippen LogP contribution in [0.2, 0.25) is 0 Å². The third-order valence-corrected chi connectivity index (χ3v) is 2.75. The van der Waals surface area contributed by atoms with Gasteiger partial charge in [0.2, 0.25) is 0 Å². The number of methoxy groups -OCH3 is 1. The van der Waals surface area contributed by atoms with E-state index in [1.165, 1.54) is 12.1 Å². The summed E-state index contributed by atoms with van der Waals surface area (Å²) < 4.78 is 18.8. The van der Waals surface area contributed by atoms with E-state index in [1.807, 2.05) is 6.92 Å². The Morgan fingerprint density at radius 3 is 2.68 bits per heavy atom. The van der Waals surface area contributed by atoms with Crippen molar-refractivity contribution in [1.82, 2.24) is 15.3 Å². The van der Waals surface area contributed by atoms with Crippen LogP contribution < -0.4 is 10.1 Å². The van der Waals surface area contributed by atoms with Gasteiger partial charge in [0, 0.05) is 18.0 Å². The van der Waals surface area contributed by atoms with Gasteiger partial charge in [0.25, 0.3) is 0 Å². The lowest BCUT2D eigenvalue weighted by Crippen LogP contribution is -2.24. The highest BCUT2D eigenvalue weighted by Crippen LogP contribution is 2.28. The van der Waals surface area contributed by atoms with Gasteiger partial charge in [-0.05, 0) is 30.8 Å². The zero-order valence-electron chi connectivity index (χ0n) is 10.9. The van der Waals surface area contributed by atoms with Crippen LogP contribution >= 0.6 is 0 Å². The topological polar surface area (TPSA) is 47.0 Å². The Bertz CT molecular complexity index is 533. The third-order valence-electron chi connectivity index (χ3n) is 2.75. The van der Waals surface area contributed by atoms with Crippen molar-refractivity contribution >= 4 is 0 Å². The summed E-state index contributed by atoms with van der Waals surface area (Å²) in [5, 5.41) is 3.25. The Hall–Kier alpha value is -2.01. The van der Waals surface area contributed by atoms with Crippen molar-refractivity contribution in [1.29, 1.82) is 0 Å². The van der Waals surface area contributed by atoms with E-state index >= 15 is 0 Å². The first-order chi connectivity index (χ1) is 9.26. The van der Waals surface area contributed by atoms with Gasteiger partial charge >= 0.3 is 0 Å². The highest BCUT2D eigenvalue weighted by atomic mass is 19.1. The Labute approximate surface area is 111 Å². The number of halogens is 1. The van der Waals surface area contributed by atoms with Crippen LogP contribution in [0.1, 0.15) is 24.4 Å². The maximum atomic E-state index is 13.5. The van der Waals surface area contributed by atoms with Gasteiger partial charge in [-0.3, -0.25) is 0 Å². The molecule has 0 aliphatic rings. The molecule has 0 saturated heterocycles. The van der Waals surface area contributed by atoms with E-state index in [9.17, 15) is 4.39 Å². The van der Waals surface area contributed by atoms with Gasteiger partial charge < -0.3 is 10.1 Å². The van der Waals surface area contributed by atoms with Gasteiger partial charge in [-0.1, -0.05) is 6.92 Å². The molecule has 4 nitrogen and oxygen atoms in total. The summed E-state index contributed by atoms with van der Waals surface area (Å²) in [4.78, 5) is 8.46. The summed E-state index contributed by atoms with van der Waals surface area (Å²) in [5.41, 5.74) is 0.690. The van der Waals surface area contributed by atoms with Crippen LogP contribution in [0.25, 0.3) is 0 Å². The molecule has 1 aromatic carbocycles. The standard InChI is InChI=1S/C14H16FN3O/c1-3-16-13(14-17-7-4-8-18-14)11-9-10(15)5-6-12(11)19-2/h4-9,13,16H,3H2,1-2H3. The van der Waals surface area contributed by atoms with Crippen molar-refractivity contribution < 1.29 is 9.13 Å². The van der Waals surface area contributed by atoms with E-state index in [1.54, 1.807) is 31.6 Å². The van der Waals surface area contributed by atoms with Crippen LogP contribution in [0.5, 0.6) is 5.75 Å². The van der Waals surface area contributed by atoms with Crippen LogP contribution in [-0.4, -0.2) is 23.6 Å². The summed E-state index contributed by atoms with van der Waals surface area (Å²) >= 11 is 0. The first-order valence-electron chi connectivity index (χ1n) is 6.10. The van der Waals surface area contributed by atoms with Crippen molar-refractivity contribution in [3.8, 4) is 5.75 Å². The normalized spacial score (nSPS) is 12.2. The van der Waals surface area contributed by atoms with Gasteiger partial charge in [-0.2, -0.15) is 0 Å². The predicted molar refractivity (Wildman–Crippen MR) is 70.5 cm³/mol. The summed E-state index contributed by atoms with van der Waals surface area (Å²) in [6, 6.07) is 5.88. The van der Waals surface area contributed by atoms with Crippen molar-refractivity contribution in [2.75, 3.05) is 13.7 Å². The van der Waals surface area contributed by atoms with Crippen molar-refractivity contribution in [2.45, 2.75) is 13.0 Å². The number of benzene rings is 1. The van der Waals surface area contributed by atoms with Crippen LogP contribution in [0, 0.1) is 5.82 Å². The SMILES string of the molecule is CCNC(c1ncccn1)c1cc(F)ccc1OC. The number of aromatic nitrogens is 2. The molecule has 5 heteroatoms. The van der Waals surface area contributed by atoms with Crippen LogP contribution in [0.4, 0.5) is 4.39 Å². The Balaban J connectivity index is 2.47. The molecule has 0 aliphatic heterocycles. The first-order valence-corrected chi connectivity index (χ1v) is 6.10. The van der Waals surface area contributed by atoms with Crippen molar-refractivity contribution in [3.05, 3.63) is 53.9 Å². The second kappa shape index (κ2) is 6.24. The maximum Gasteiger partial charge on any atom is 0.149 e. The second-order valence-corrected chi connectivity index (χ2v) is 3.98. The molecule has 0 bridgehead atoms. The lowest BCUT2D eigenvalue weighted by Gasteiger charge is -2.19. The summed E-state index contributed by atoms with van der Waals surface area (Å²) in [7, 11) is 1.56. The van der Waals surface area contributed by atoms with Gasteiger partial charge in [0.15, 0.2) is 0 Å². The lowest BCUT2D eigenvalue weighted by atomic mass is 10.0. The molecule has 0 saturated carbocycles. The Morgan fingerprint density at radius 2 is 2.05 bits per heavy atom. The average molecular weight is 261 g/mol. The smallest absolute Gasteiger partial charge is 0.149 e. The van der Waals surface area contributed by atoms with E-state index < -0.39 is 0 Å². The fourth-order valence-electron chi connectivity index (χ4n) is 1.93. The average Bonchev–Trinajstić information content (AvgIpc) is 2.45. The van der Waals surface area contributed by atoms with Gasteiger partial charge in [-0.15, -0.1) is 0 Å². The van der Waals surface area contributed by atoms with Crippen LogP contribution in [-0.2, 0) is 0 Å². The highest BCUT2D eigenvalue weighted by Gasteiger charge is 2.20. The molecule has 0 spiro atoms. The molecule has 2 aromatic rings. The van der Waals surface area contributed by atoms with Crippen LogP contribution in [0.15, 0.2) is 36.7 Å². The minimum atomic E-state index is -0.311. The molecule has 0 amide bonds. The lowest BCUT2D eigenvalue weighted by molar-refractivity contribution is 0.401. The molecule has 0 radical (unpaired) electrons. The van der Waals surface area contributed by atoms with Gasteiger partial charge in [0.05, 0.1) is 13.2 Å². The zero-order chi connectivity index (χ0) is 13.7. The number of rotatable bonds is 5. The minimum Gasteiger partial charge on any atom is -0.496 e. The number of ether oxygens (including phenoxy) is 1. The van der Waals surface area contributed by atoms with E-state index in [0.717, 1.165) is 0 Å². The molecule has 1 atom stereocenters. The fourth-order valence-corrected chi connectivity index (χ4v) is 1.93. The molecule has 1 N–H and O–H groups in total. The fraction of sp³-hybridized carbons (Fsp3) is 0.286. The van der Waals surface area contributed by atoms with E-state index in [2.05, 4.69) is 15.3 Å². The summed E-state index contributed by atoms with van der Waals surface area (Å²) in [6.45, 7) is 2.68. The molecular formula is C14H16FN3O. The Kier molecular flexibility index (Phi) is 4.41. The van der Waals surface area contributed by atoms with E-state index in [0.29, 0.717) is 23.7 Å². The summed E-state index contributed by atoms with van der Waals surface area (Å²) in [6.07, 6.45) is 3.33. The second-order valence-electron chi connectivity index (χ2n) is 3.98. The number of nitrogens with one attached hydrogen (secondary N) is 1. The zero-order valence-corrected chi connectivity index (χ0v) is 10.9. The molecule has 1 heterocycles. The van der Waals surface area contributed by atoms with E-state index in [4.69, 9.17) is 4.74 Å². The molecule has 1 unspecified atom stereocenters. The van der Waals surface area contributed by atoms with Crippen molar-refractivity contribution in [2.24, 2.45) is 0 Å². The molecule has 0 aliphatic carbocycles. The Morgan fingerprint density at radius 1 is 1.32 bits per heavy atom.